The minimum absolute atomic E-state index is 0.223. The number of halogens is 1. The number of anilines is 2. The molecule has 0 unspecified atom stereocenters. The lowest BCUT2D eigenvalue weighted by molar-refractivity contribution is 0.0732. The number of rotatable bonds is 5. The van der Waals surface area contributed by atoms with Crippen LogP contribution in [-0.2, 0) is 6.42 Å². The van der Waals surface area contributed by atoms with Gasteiger partial charge >= 0.3 is 0 Å². The fourth-order valence-corrected chi connectivity index (χ4v) is 3.08. The fourth-order valence-electron chi connectivity index (χ4n) is 3.08. The van der Waals surface area contributed by atoms with Crippen LogP contribution in [0, 0.1) is 5.82 Å². The summed E-state index contributed by atoms with van der Waals surface area (Å²) in [6.45, 7) is 0.603. The van der Waals surface area contributed by atoms with E-state index < -0.39 is 0 Å². The number of hydrogen-bond donors (Lipinski definition) is 4. The van der Waals surface area contributed by atoms with Crippen LogP contribution < -0.4 is 11.1 Å². The van der Waals surface area contributed by atoms with Gasteiger partial charge in [-0.25, -0.2) is 14.4 Å². The number of nitrogens with one attached hydrogen (secondary N) is 2. The van der Waals surface area contributed by atoms with Crippen LogP contribution in [0.15, 0.2) is 24.3 Å². The van der Waals surface area contributed by atoms with Gasteiger partial charge in [0, 0.05) is 24.9 Å². The second-order valence-electron chi connectivity index (χ2n) is 6.38. The van der Waals surface area contributed by atoms with E-state index in [0.29, 0.717) is 37.1 Å². The van der Waals surface area contributed by atoms with E-state index in [4.69, 9.17) is 5.73 Å². The van der Waals surface area contributed by atoms with Crippen molar-refractivity contribution in [3.05, 3.63) is 41.6 Å². The number of aliphatic hydroxyl groups excluding tert-OH is 1. The minimum atomic E-state index is -0.286. The molecule has 0 amide bonds. The van der Waals surface area contributed by atoms with Gasteiger partial charge in [0.2, 0.25) is 5.95 Å². The van der Waals surface area contributed by atoms with E-state index in [-0.39, 0.29) is 23.8 Å². The normalized spacial score (nSPS) is 19.8. The highest BCUT2D eigenvalue weighted by Crippen LogP contribution is 2.36. The number of aliphatic hydroxyl groups is 1. The number of hydrogen-bond acceptors (Lipinski definition) is 6. The van der Waals surface area contributed by atoms with Crippen LogP contribution in [0.4, 0.5) is 16.2 Å². The van der Waals surface area contributed by atoms with Crippen molar-refractivity contribution in [3.63, 3.8) is 0 Å². The summed E-state index contributed by atoms with van der Waals surface area (Å²) in [6.07, 6.45) is 1.82. The lowest BCUT2D eigenvalue weighted by Crippen LogP contribution is -2.27. The summed E-state index contributed by atoms with van der Waals surface area (Å²) in [7, 11) is 0. The van der Waals surface area contributed by atoms with Gasteiger partial charge in [-0.3, -0.25) is 0 Å². The number of aromatic amines is 1. The standard InChI is InChI=1S/C17H19FN6O/c18-10-1-2-12-14(7-10)22-15(21-12)3-4-20-16-8-13(23-17(19)24-16)9-5-11(25)6-9/h1-2,7-9,11,25H,3-6H2,(H,21,22)(H3,19,20,23,24). The van der Waals surface area contributed by atoms with E-state index in [1.807, 2.05) is 6.07 Å². The quantitative estimate of drug-likeness (QED) is 0.564. The van der Waals surface area contributed by atoms with Gasteiger partial charge in [-0.1, -0.05) is 0 Å². The Hall–Kier alpha value is -2.74. The van der Waals surface area contributed by atoms with E-state index >= 15 is 0 Å². The molecule has 3 aromatic rings. The van der Waals surface area contributed by atoms with Crippen molar-refractivity contribution in [3.8, 4) is 0 Å². The minimum Gasteiger partial charge on any atom is -0.393 e. The number of fused-ring (bicyclic) bond motifs is 1. The first kappa shape index (κ1) is 15.8. The van der Waals surface area contributed by atoms with Crippen molar-refractivity contribution in [1.29, 1.82) is 0 Å². The molecule has 0 radical (unpaired) electrons. The Labute approximate surface area is 143 Å². The lowest BCUT2D eigenvalue weighted by Gasteiger charge is -2.30. The van der Waals surface area contributed by atoms with E-state index in [0.717, 1.165) is 17.0 Å². The number of H-pyrrole nitrogens is 1. The van der Waals surface area contributed by atoms with E-state index in [2.05, 4.69) is 25.3 Å². The number of nitrogens with two attached hydrogens (primary N) is 1. The summed E-state index contributed by atoms with van der Waals surface area (Å²) in [5.41, 5.74) is 8.07. The molecule has 4 rings (SSSR count). The van der Waals surface area contributed by atoms with Gasteiger partial charge in [-0.15, -0.1) is 0 Å². The Morgan fingerprint density at radius 2 is 2.08 bits per heavy atom. The summed E-state index contributed by atoms with van der Waals surface area (Å²) in [4.78, 5) is 16.0. The van der Waals surface area contributed by atoms with Gasteiger partial charge in [-0.05, 0) is 31.0 Å². The van der Waals surface area contributed by atoms with Gasteiger partial charge < -0.3 is 21.1 Å². The van der Waals surface area contributed by atoms with E-state index in [1.54, 1.807) is 6.07 Å². The van der Waals surface area contributed by atoms with Crippen LogP contribution in [0.3, 0.4) is 0 Å². The molecule has 0 atom stereocenters. The van der Waals surface area contributed by atoms with Crippen molar-refractivity contribution < 1.29 is 9.50 Å². The Kier molecular flexibility index (Phi) is 3.96. The summed E-state index contributed by atoms with van der Waals surface area (Å²) in [6, 6.07) is 6.36. The fraction of sp³-hybridized carbons (Fsp3) is 0.353. The molecule has 0 saturated heterocycles. The first-order chi connectivity index (χ1) is 12.1. The average Bonchev–Trinajstić information content (AvgIpc) is 2.93. The van der Waals surface area contributed by atoms with Gasteiger partial charge in [0.05, 0.1) is 22.8 Å². The third-order valence-corrected chi connectivity index (χ3v) is 4.46. The van der Waals surface area contributed by atoms with Gasteiger partial charge in [0.1, 0.15) is 17.5 Å². The molecule has 1 aromatic carbocycles. The molecule has 2 aromatic heterocycles. The second kappa shape index (κ2) is 6.29. The Morgan fingerprint density at radius 3 is 2.88 bits per heavy atom. The molecule has 130 valence electrons. The smallest absolute Gasteiger partial charge is 0.222 e. The van der Waals surface area contributed by atoms with E-state index in [9.17, 15) is 9.50 Å². The number of aromatic nitrogens is 4. The third-order valence-electron chi connectivity index (χ3n) is 4.46. The number of benzene rings is 1. The Bertz CT molecular complexity index is 905. The molecule has 25 heavy (non-hydrogen) atoms. The van der Waals surface area contributed by atoms with Crippen molar-refractivity contribution in [2.45, 2.75) is 31.3 Å². The molecule has 0 spiro atoms. The topological polar surface area (TPSA) is 113 Å². The highest BCUT2D eigenvalue weighted by molar-refractivity contribution is 5.74. The molecule has 1 fully saturated rings. The maximum Gasteiger partial charge on any atom is 0.222 e. The van der Waals surface area contributed by atoms with E-state index in [1.165, 1.54) is 12.1 Å². The summed E-state index contributed by atoms with van der Waals surface area (Å²) in [5.74, 6) is 1.61. The zero-order valence-corrected chi connectivity index (χ0v) is 13.5. The summed E-state index contributed by atoms with van der Waals surface area (Å²) in [5, 5.41) is 12.7. The van der Waals surface area contributed by atoms with Crippen LogP contribution in [-0.4, -0.2) is 37.7 Å². The molecule has 0 aliphatic heterocycles. The predicted molar refractivity (Wildman–Crippen MR) is 92.7 cm³/mol. The van der Waals surface area contributed by atoms with Gasteiger partial charge in [-0.2, -0.15) is 4.98 Å². The van der Waals surface area contributed by atoms with Crippen molar-refractivity contribution in [2.75, 3.05) is 17.6 Å². The highest BCUT2D eigenvalue weighted by Gasteiger charge is 2.30. The molecule has 8 heteroatoms. The van der Waals surface area contributed by atoms with Crippen LogP contribution in [0.1, 0.15) is 30.3 Å². The van der Waals surface area contributed by atoms with Crippen LogP contribution in [0.25, 0.3) is 11.0 Å². The number of nitrogens with zero attached hydrogens (tertiary/aromatic N) is 3. The Balaban J connectivity index is 1.40. The van der Waals surface area contributed by atoms with Crippen LogP contribution in [0.5, 0.6) is 0 Å². The third kappa shape index (κ3) is 3.39. The molecule has 1 saturated carbocycles. The maximum absolute atomic E-state index is 13.2. The lowest BCUT2D eigenvalue weighted by atomic mass is 9.80. The van der Waals surface area contributed by atoms with Crippen LogP contribution >= 0.6 is 0 Å². The molecule has 2 heterocycles. The summed E-state index contributed by atoms with van der Waals surface area (Å²) >= 11 is 0. The monoisotopic (exact) mass is 342 g/mol. The average molecular weight is 342 g/mol. The first-order valence-electron chi connectivity index (χ1n) is 8.27. The summed E-state index contributed by atoms with van der Waals surface area (Å²) < 4.78 is 13.2. The van der Waals surface area contributed by atoms with Gasteiger partial charge in [0.15, 0.2) is 0 Å². The first-order valence-corrected chi connectivity index (χ1v) is 8.27. The molecular weight excluding hydrogens is 323 g/mol. The zero-order chi connectivity index (χ0) is 17.4. The molecule has 1 aliphatic carbocycles. The van der Waals surface area contributed by atoms with Crippen LogP contribution in [0.2, 0.25) is 0 Å². The highest BCUT2D eigenvalue weighted by atomic mass is 19.1. The predicted octanol–water partition coefficient (Wildman–Crippen LogP) is 1.97. The maximum atomic E-state index is 13.2. The SMILES string of the molecule is Nc1nc(NCCc2nc3ccc(F)cc3[nH]2)cc(C2CC(O)C2)n1. The van der Waals surface area contributed by atoms with Crippen molar-refractivity contribution in [1.82, 2.24) is 19.9 Å². The molecule has 5 N–H and O–H groups in total. The molecule has 0 bridgehead atoms. The molecular formula is C17H19FN6O. The largest absolute Gasteiger partial charge is 0.393 e. The molecule has 1 aliphatic rings. The Morgan fingerprint density at radius 1 is 1.24 bits per heavy atom. The van der Waals surface area contributed by atoms with Crippen molar-refractivity contribution >= 4 is 22.8 Å². The number of nitrogen functional groups attached to an aromatic ring is 1. The number of imidazole rings is 1. The van der Waals surface area contributed by atoms with Crippen molar-refractivity contribution in [2.24, 2.45) is 0 Å². The second-order valence-corrected chi connectivity index (χ2v) is 6.38. The van der Waals surface area contributed by atoms with Gasteiger partial charge in [0.25, 0.3) is 0 Å². The molecule has 7 nitrogen and oxygen atoms in total. The zero-order valence-electron chi connectivity index (χ0n) is 13.5.